The molecule has 3 heteroatoms. The molecule has 0 bridgehead atoms. The van der Waals surface area contributed by atoms with Crippen molar-refractivity contribution in [2.45, 2.75) is 25.9 Å². The molecule has 0 aliphatic rings. The van der Waals surface area contributed by atoms with Gasteiger partial charge in [-0.15, -0.1) is 0 Å². The van der Waals surface area contributed by atoms with Gasteiger partial charge in [-0.3, -0.25) is 4.79 Å². The van der Waals surface area contributed by atoms with Gasteiger partial charge in [-0.05, 0) is 6.42 Å². The molecule has 1 atom stereocenters. The normalized spacial score (nSPS) is 13.2. The summed E-state index contributed by atoms with van der Waals surface area (Å²) in [5.74, 6) is -0.445. The van der Waals surface area contributed by atoms with Gasteiger partial charge in [0.1, 0.15) is 0 Å². The smallest absolute Gasteiger partial charge is 0.220 e. The highest BCUT2D eigenvalue weighted by atomic mass is 16.3. The molecule has 0 aromatic rings. The molecule has 0 aromatic heterocycles. The fourth-order valence-electron chi connectivity index (χ4n) is 0.377. The lowest BCUT2D eigenvalue weighted by atomic mass is 10.2. The van der Waals surface area contributed by atoms with Gasteiger partial charge in [-0.25, -0.2) is 0 Å². The summed E-state index contributed by atoms with van der Waals surface area (Å²) in [6.45, 7) is 1.80. The minimum atomic E-state index is -0.549. The fourth-order valence-corrected chi connectivity index (χ4v) is 0.377. The van der Waals surface area contributed by atoms with Gasteiger partial charge in [0.15, 0.2) is 0 Å². The number of carbonyl (C=O) groups excluding carboxylic acids is 1. The predicted octanol–water partition coefficient (Wildman–Crippen LogP) is -0.367. The maximum absolute atomic E-state index is 10.0. The van der Waals surface area contributed by atoms with E-state index in [0.717, 1.165) is 0 Å². The first-order valence-corrected chi connectivity index (χ1v) is 2.63. The Morgan fingerprint density at radius 2 is 2.38 bits per heavy atom. The Kier molecular flexibility index (Phi) is 3.19. The van der Waals surface area contributed by atoms with Gasteiger partial charge in [-0.2, -0.15) is 0 Å². The second kappa shape index (κ2) is 3.43. The van der Waals surface area contributed by atoms with Gasteiger partial charge in [0.05, 0.1) is 12.5 Å². The summed E-state index contributed by atoms with van der Waals surface area (Å²) in [7, 11) is 0. The minimum absolute atomic E-state index is 0.0799. The first-order valence-electron chi connectivity index (χ1n) is 2.63. The summed E-state index contributed by atoms with van der Waals surface area (Å²) < 4.78 is 0. The predicted molar refractivity (Wildman–Crippen MR) is 30.1 cm³/mol. The molecular formula is C5H11NO2. The number of amides is 1. The Bertz CT molecular complexity index is 82.5. The van der Waals surface area contributed by atoms with Gasteiger partial charge >= 0.3 is 0 Å². The Hall–Kier alpha value is -0.570. The van der Waals surface area contributed by atoms with E-state index in [4.69, 9.17) is 10.8 Å². The molecule has 0 saturated carbocycles. The highest BCUT2D eigenvalue weighted by Crippen LogP contribution is 1.93. The van der Waals surface area contributed by atoms with Crippen LogP contribution in [0.3, 0.4) is 0 Å². The largest absolute Gasteiger partial charge is 0.393 e. The fraction of sp³-hybridized carbons (Fsp3) is 0.800. The van der Waals surface area contributed by atoms with Crippen molar-refractivity contribution in [2.24, 2.45) is 5.73 Å². The van der Waals surface area contributed by atoms with Crippen LogP contribution in [-0.2, 0) is 4.79 Å². The molecule has 48 valence electrons. The van der Waals surface area contributed by atoms with Gasteiger partial charge in [-0.1, -0.05) is 6.92 Å². The van der Waals surface area contributed by atoms with Gasteiger partial charge < -0.3 is 10.8 Å². The number of primary amides is 1. The van der Waals surface area contributed by atoms with E-state index in [-0.39, 0.29) is 6.42 Å². The SMILES string of the molecule is CC[C@@H](O)CC(N)=O. The van der Waals surface area contributed by atoms with E-state index in [1.54, 1.807) is 6.92 Å². The number of carbonyl (C=O) groups is 1. The van der Waals surface area contributed by atoms with E-state index >= 15 is 0 Å². The summed E-state index contributed by atoms with van der Waals surface area (Å²) in [4.78, 5) is 10.0. The summed E-state index contributed by atoms with van der Waals surface area (Å²) in [6.07, 6.45) is 0.117. The molecular weight excluding hydrogens is 106 g/mol. The second-order valence-electron chi connectivity index (χ2n) is 1.73. The lowest BCUT2D eigenvalue weighted by molar-refractivity contribution is -0.119. The van der Waals surface area contributed by atoms with Crippen LogP contribution in [0.15, 0.2) is 0 Å². The molecule has 8 heavy (non-hydrogen) atoms. The maximum Gasteiger partial charge on any atom is 0.220 e. The molecule has 0 aliphatic carbocycles. The first kappa shape index (κ1) is 7.43. The zero-order valence-corrected chi connectivity index (χ0v) is 4.92. The number of hydrogen-bond donors (Lipinski definition) is 2. The van der Waals surface area contributed by atoms with E-state index in [2.05, 4.69) is 0 Å². The molecule has 0 fully saturated rings. The quantitative estimate of drug-likeness (QED) is 0.530. The number of aliphatic hydroxyl groups is 1. The topological polar surface area (TPSA) is 63.3 Å². The van der Waals surface area contributed by atoms with Crippen LogP contribution in [-0.4, -0.2) is 17.1 Å². The van der Waals surface area contributed by atoms with E-state index in [9.17, 15) is 4.79 Å². The number of nitrogens with two attached hydrogens (primary N) is 1. The Morgan fingerprint density at radius 3 is 2.50 bits per heavy atom. The zero-order chi connectivity index (χ0) is 6.57. The van der Waals surface area contributed by atoms with Crippen molar-refractivity contribution in [3.8, 4) is 0 Å². The summed E-state index contributed by atoms with van der Waals surface area (Å²) >= 11 is 0. The molecule has 3 nitrogen and oxygen atoms in total. The zero-order valence-electron chi connectivity index (χ0n) is 4.92. The third kappa shape index (κ3) is 3.61. The van der Waals surface area contributed by atoms with Crippen LogP contribution in [0.4, 0.5) is 0 Å². The van der Waals surface area contributed by atoms with Crippen molar-refractivity contribution in [2.75, 3.05) is 0 Å². The Balaban J connectivity index is 3.24. The molecule has 0 aromatic carbocycles. The number of aliphatic hydroxyl groups excluding tert-OH is 1. The van der Waals surface area contributed by atoms with Crippen molar-refractivity contribution in [3.05, 3.63) is 0 Å². The molecule has 0 heterocycles. The number of rotatable bonds is 3. The third-order valence-electron chi connectivity index (χ3n) is 0.908. The van der Waals surface area contributed by atoms with E-state index < -0.39 is 12.0 Å². The molecule has 0 radical (unpaired) electrons. The van der Waals surface area contributed by atoms with Crippen LogP contribution < -0.4 is 5.73 Å². The van der Waals surface area contributed by atoms with Crippen LogP contribution in [0.5, 0.6) is 0 Å². The summed E-state index contributed by atoms with van der Waals surface area (Å²) in [5.41, 5.74) is 4.77. The minimum Gasteiger partial charge on any atom is -0.393 e. The van der Waals surface area contributed by atoms with Crippen LogP contribution in [0, 0.1) is 0 Å². The first-order chi connectivity index (χ1) is 3.66. The van der Waals surface area contributed by atoms with Crippen LogP contribution >= 0.6 is 0 Å². The van der Waals surface area contributed by atoms with E-state index in [1.165, 1.54) is 0 Å². The van der Waals surface area contributed by atoms with E-state index in [1.807, 2.05) is 0 Å². The molecule has 1 amide bonds. The monoisotopic (exact) mass is 117 g/mol. The highest BCUT2D eigenvalue weighted by Gasteiger charge is 2.02. The van der Waals surface area contributed by atoms with Crippen molar-refractivity contribution in [3.63, 3.8) is 0 Å². The van der Waals surface area contributed by atoms with Crippen molar-refractivity contribution >= 4 is 5.91 Å². The lowest BCUT2D eigenvalue weighted by Gasteiger charge is -2.01. The molecule has 0 aliphatic heterocycles. The lowest BCUT2D eigenvalue weighted by Crippen LogP contribution is -2.18. The molecule has 3 N–H and O–H groups in total. The Labute approximate surface area is 48.5 Å². The van der Waals surface area contributed by atoms with Gasteiger partial charge in [0.25, 0.3) is 0 Å². The van der Waals surface area contributed by atoms with Crippen molar-refractivity contribution in [1.29, 1.82) is 0 Å². The van der Waals surface area contributed by atoms with Gasteiger partial charge in [0.2, 0.25) is 5.91 Å². The Morgan fingerprint density at radius 1 is 1.88 bits per heavy atom. The molecule has 0 spiro atoms. The second-order valence-corrected chi connectivity index (χ2v) is 1.73. The van der Waals surface area contributed by atoms with Crippen molar-refractivity contribution in [1.82, 2.24) is 0 Å². The summed E-state index contributed by atoms with van der Waals surface area (Å²) in [6, 6.07) is 0. The molecule has 0 saturated heterocycles. The number of hydrogen-bond acceptors (Lipinski definition) is 2. The average Bonchev–Trinajstić information content (AvgIpc) is 1.65. The average molecular weight is 117 g/mol. The standard InChI is InChI=1S/C5H11NO2/c1-2-4(7)3-5(6)8/h4,7H,2-3H2,1H3,(H2,6,8)/t4-/m1/s1. The van der Waals surface area contributed by atoms with Crippen LogP contribution in [0.2, 0.25) is 0 Å². The highest BCUT2D eigenvalue weighted by molar-refractivity contribution is 5.74. The maximum atomic E-state index is 10.0. The summed E-state index contributed by atoms with van der Waals surface area (Å²) in [5, 5.41) is 8.73. The van der Waals surface area contributed by atoms with Crippen molar-refractivity contribution < 1.29 is 9.90 Å². The van der Waals surface area contributed by atoms with Gasteiger partial charge in [0, 0.05) is 0 Å². The molecule has 0 rings (SSSR count). The van der Waals surface area contributed by atoms with Crippen LogP contribution in [0.1, 0.15) is 19.8 Å². The van der Waals surface area contributed by atoms with E-state index in [0.29, 0.717) is 6.42 Å². The van der Waals surface area contributed by atoms with Crippen LogP contribution in [0.25, 0.3) is 0 Å². The third-order valence-corrected chi connectivity index (χ3v) is 0.908. The molecule has 0 unspecified atom stereocenters.